The second-order valence-electron chi connectivity index (χ2n) is 4.24. The summed E-state index contributed by atoms with van der Waals surface area (Å²) in [5, 5.41) is 0. The topological polar surface area (TPSA) is 0 Å². The summed E-state index contributed by atoms with van der Waals surface area (Å²) in [6.07, 6.45) is 19.4. The average molecular weight is 253 g/mol. The summed E-state index contributed by atoms with van der Waals surface area (Å²) in [7, 11) is 5.76. The summed E-state index contributed by atoms with van der Waals surface area (Å²) in [6, 6.07) is 0. The molecule has 0 N–H and O–H groups in total. The van der Waals surface area contributed by atoms with Crippen molar-refractivity contribution in [3.63, 3.8) is 0 Å². The Morgan fingerprint density at radius 3 is 2.12 bits per heavy atom. The molecule has 0 nitrogen and oxygen atoms in total. The molecular weight excluding hydrogens is 228 g/mol. The largest absolute Gasteiger partial charge is 0.501 e. The lowest BCUT2D eigenvalue weighted by Gasteiger charge is -1.96. The van der Waals surface area contributed by atoms with Crippen LogP contribution in [0.3, 0.4) is 0 Å². The lowest BCUT2D eigenvalue weighted by molar-refractivity contribution is 0.674. The van der Waals surface area contributed by atoms with Crippen molar-refractivity contribution >= 4 is 28.3 Å². The van der Waals surface area contributed by atoms with Crippen LogP contribution in [0, 0.1) is 0 Å². The lowest BCUT2D eigenvalue weighted by atomic mass is 10.1. The third-order valence-corrected chi connectivity index (χ3v) is 4.18. The molecule has 90 valence electrons. The highest BCUT2D eigenvalue weighted by Crippen LogP contribution is 2.06. The molecule has 0 saturated heterocycles. The van der Waals surface area contributed by atoms with Crippen molar-refractivity contribution in [3.8, 4) is 0 Å². The maximum atomic E-state index is 5.76. The van der Waals surface area contributed by atoms with Crippen molar-refractivity contribution in [2.75, 3.05) is 0 Å². The Morgan fingerprint density at radius 1 is 0.875 bits per heavy atom. The first-order chi connectivity index (χ1) is 7.91. The summed E-state index contributed by atoms with van der Waals surface area (Å²) in [5.41, 5.74) is 0. The zero-order valence-electron chi connectivity index (χ0n) is 10.8. The van der Waals surface area contributed by atoms with E-state index < -0.39 is 0 Å². The highest BCUT2D eigenvalue weighted by molar-refractivity contribution is 6.93. The van der Waals surface area contributed by atoms with Crippen molar-refractivity contribution in [1.82, 2.24) is 0 Å². The maximum absolute atomic E-state index is 5.76. The van der Waals surface area contributed by atoms with Gasteiger partial charge in [0.1, 0.15) is 0 Å². The molecule has 0 bridgehead atoms. The van der Waals surface area contributed by atoms with Crippen LogP contribution in [0.4, 0.5) is 0 Å². The summed E-state index contributed by atoms with van der Waals surface area (Å²) >= 11 is -0.195. The number of allylic oxidation sites excluding steroid dienone is 4. The fraction of sp³-hybridized carbons (Fsp3) is 0.714. The van der Waals surface area contributed by atoms with Gasteiger partial charge in [-0.3, -0.25) is 0 Å². The minimum absolute atomic E-state index is 0.195. The zero-order chi connectivity index (χ0) is 11.9. The Hall–Kier alpha value is 0.536. The predicted octanol–water partition coefficient (Wildman–Crippen LogP) is 5.52. The van der Waals surface area contributed by atoms with E-state index in [4.69, 9.17) is 9.07 Å². The van der Waals surface area contributed by atoms with Crippen LogP contribution in [0.5, 0.6) is 0 Å². The Kier molecular flexibility index (Phi) is 16.1. The molecular formula is C14H25ClMg. The molecule has 0 rings (SSSR count). The maximum Gasteiger partial charge on any atom is 0.501 e. The van der Waals surface area contributed by atoms with Gasteiger partial charge in [0, 0.05) is 0 Å². The molecule has 0 heterocycles. The van der Waals surface area contributed by atoms with E-state index in [0.29, 0.717) is 0 Å². The molecule has 16 heavy (non-hydrogen) atoms. The van der Waals surface area contributed by atoms with Gasteiger partial charge in [0.25, 0.3) is 0 Å². The quantitative estimate of drug-likeness (QED) is 0.258. The molecule has 0 aliphatic rings. The first-order valence-corrected chi connectivity index (χ1v) is 9.93. The molecule has 0 aromatic rings. The van der Waals surface area contributed by atoms with E-state index in [0.717, 1.165) is 0 Å². The Labute approximate surface area is 115 Å². The lowest BCUT2D eigenvalue weighted by Crippen LogP contribution is -1.80. The molecule has 0 aliphatic heterocycles. The zero-order valence-corrected chi connectivity index (χ0v) is 12.9. The van der Waals surface area contributed by atoms with Crippen LogP contribution in [0.1, 0.15) is 58.3 Å². The van der Waals surface area contributed by atoms with Gasteiger partial charge in [0.2, 0.25) is 0 Å². The van der Waals surface area contributed by atoms with Crippen molar-refractivity contribution in [2.45, 2.75) is 62.8 Å². The van der Waals surface area contributed by atoms with Gasteiger partial charge in [-0.25, -0.2) is 0 Å². The third kappa shape index (κ3) is 14.5. The number of unbranched alkanes of at least 4 members (excludes halogenated alkanes) is 6. The van der Waals surface area contributed by atoms with E-state index in [1.165, 1.54) is 55.9 Å². The molecule has 0 radical (unpaired) electrons. The molecule has 0 aromatic heterocycles. The van der Waals surface area contributed by atoms with Crippen molar-refractivity contribution in [2.24, 2.45) is 0 Å². The van der Waals surface area contributed by atoms with E-state index >= 15 is 0 Å². The molecule has 0 aromatic carbocycles. The summed E-state index contributed by atoms with van der Waals surface area (Å²) in [5.74, 6) is 0. The van der Waals surface area contributed by atoms with Crippen LogP contribution in [0.25, 0.3) is 0 Å². The summed E-state index contributed by atoms with van der Waals surface area (Å²) in [4.78, 5) is 0. The second-order valence-corrected chi connectivity index (χ2v) is 6.46. The van der Waals surface area contributed by atoms with Crippen molar-refractivity contribution in [1.29, 1.82) is 0 Å². The SMILES string of the molecule is CCCC/C=C\C=C\CCCCC[CH2][Mg][Cl]. The van der Waals surface area contributed by atoms with E-state index in [9.17, 15) is 0 Å². The van der Waals surface area contributed by atoms with E-state index in [-0.39, 0.29) is 19.3 Å². The van der Waals surface area contributed by atoms with Crippen molar-refractivity contribution in [3.05, 3.63) is 24.3 Å². The van der Waals surface area contributed by atoms with Crippen LogP contribution < -0.4 is 0 Å². The highest BCUT2D eigenvalue weighted by atomic mass is 35.5. The van der Waals surface area contributed by atoms with Crippen LogP contribution in [0.2, 0.25) is 4.55 Å². The van der Waals surface area contributed by atoms with Crippen LogP contribution in [-0.2, 0) is 0 Å². The van der Waals surface area contributed by atoms with Gasteiger partial charge in [-0.1, -0.05) is 63.3 Å². The fourth-order valence-corrected chi connectivity index (χ4v) is 2.67. The number of hydrogen-bond acceptors (Lipinski definition) is 0. The normalized spacial score (nSPS) is 11.4. The van der Waals surface area contributed by atoms with Gasteiger partial charge < -0.3 is 9.07 Å². The van der Waals surface area contributed by atoms with Gasteiger partial charge in [-0.2, -0.15) is 0 Å². The summed E-state index contributed by atoms with van der Waals surface area (Å²) in [6.45, 7) is 2.23. The van der Waals surface area contributed by atoms with Gasteiger partial charge >= 0.3 is 19.3 Å². The number of rotatable bonds is 11. The molecule has 0 aliphatic carbocycles. The first-order valence-electron chi connectivity index (χ1n) is 6.79. The average Bonchev–Trinajstić information content (AvgIpc) is 2.31. The van der Waals surface area contributed by atoms with E-state index in [2.05, 4.69) is 31.2 Å². The van der Waals surface area contributed by atoms with Gasteiger partial charge in [-0.15, -0.1) is 4.55 Å². The smallest absolute Gasteiger partial charge is 0.346 e. The van der Waals surface area contributed by atoms with Crippen molar-refractivity contribution < 1.29 is 0 Å². The third-order valence-electron chi connectivity index (χ3n) is 2.61. The Morgan fingerprint density at radius 2 is 1.50 bits per heavy atom. The van der Waals surface area contributed by atoms with E-state index in [1.54, 1.807) is 0 Å². The minimum atomic E-state index is -0.195. The van der Waals surface area contributed by atoms with Crippen LogP contribution in [-0.4, -0.2) is 19.3 Å². The highest BCUT2D eigenvalue weighted by Gasteiger charge is 1.91. The monoisotopic (exact) mass is 252 g/mol. The molecule has 0 saturated carbocycles. The molecule has 0 spiro atoms. The first kappa shape index (κ1) is 16.5. The molecule has 0 fully saturated rings. The Bertz CT molecular complexity index is 176. The fourth-order valence-electron chi connectivity index (χ4n) is 1.56. The number of halogens is 1. The van der Waals surface area contributed by atoms with Gasteiger partial charge in [0.05, 0.1) is 0 Å². The van der Waals surface area contributed by atoms with E-state index in [1.807, 2.05) is 0 Å². The Balaban J connectivity index is 3.12. The predicted molar refractivity (Wildman–Crippen MR) is 77.3 cm³/mol. The molecule has 2 heteroatoms. The molecule has 0 atom stereocenters. The van der Waals surface area contributed by atoms with Crippen LogP contribution >= 0.6 is 9.07 Å². The standard InChI is InChI=1S/C14H25.ClH.Mg/c1-3-5-7-9-11-13-14-12-10-8-6-4-2;;/h10,12-14H,1,3-9,11H2,2H3;1H;/q;;+1/p-1/b12-10-,14-13+;;. The minimum Gasteiger partial charge on any atom is -0.346 e. The second kappa shape index (κ2) is 15.5. The molecule has 0 amide bonds. The molecule has 0 unspecified atom stereocenters. The van der Waals surface area contributed by atoms with Crippen LogP contribution in [0.15, 0.2) is 24.3 Å². The number of hydrogen-bond donors (Lipinski definition) is 0. The summed E-state index contributed by atoms with van der Waals surface area (Å²) < 4.78 is 1.32. The van der Waals surface area contributed by atoms with Gasteiger partial charge in [-0.05, 0) is 19.3 Å². The van der Waals surface area contributed by atoms with Gasteiger partial charge in [0.15, 0.2) is 0 Å².